The number of hydrogen-bond donors (Lipinski definition) is 1. The van der Waals surface area contributed by atoms with E-state index in [2.05, 4.69) is 15.5 Å². The van der Waals surface area contributed by atoms with E-state index >= 15 is 0 Å². The van der Waals surface area contributed by atoms with Crippen LogP contribution in [0, 0.1) is 18.6 Å². The third-order valence-corrected chi connectivity index (χ3v) is 3.65. The molecule has 3 rings (SSSR count). The summed E-state index contributed by atoms with van der Waals surface area (Å²) in [6, 6.07) is 10.6. The molecule has 5 nitrogen and oxygen atoms in total. The maximum atomic E-state index is 13.1. The maximum absolute atomic E-state index is 13.1. The van der Waals surface area contributed by atoms with E-state index in [4.69, 9.17) is 4.42 Å². The van der Waals surface area contributed by atoms with E-state index in [1.54, 1.807) is 0 Å². The molecular formula is C18H15F2N3O2. The number of carbonyl (C=O) groups excluding carboxylic acids is 1. The van der Waals surface area contributed by atoms with Crippen LogP contribution in [-0.4, -0.2) is 22.6 Å². The molecule has 0 unspecified atom stereocenters. The highest BCUT2D eigenvalue weighted by atomic mass is 19.2. The number of amides is 1. The fourth-order valence-corrected chi connectivity index (χ4v) is 2.30. The van der Waals surface area contributed by atoms with Gasteiger partial charge in [-0.1, -0.05) is 18.2 Å². The molecule has 0 saturated heterocycles. The Bertz CT molecular complexity index is 909. The van der Waals surface area contributed by atoms with Crippen LogP contribution in [0.4, 0.5) is 8.78 Å². The first kappa shape index (κ1) is 16.8. The number of halogens is 2. The normalized spacial score (nSPS) is 10.7. The van der Waals surface area contributed by atoms with Crippen LogP contribution in [0.2, 0.25) is 0 Å². The van der Waals surface area contributed by atoms with E-state index in [1.165, 1.54) is 6.07 Å². The number of nitrogens with zero attached hydrogens (tertiary/aromatic N) is 2. The van der Waals surface area contributed by atoms with Crippen LogP contribution in [-0.2, 0) is 6.42 Å². The van der Waals surface area contributed by atoms with Crippen molar-refractivity contribution in [3.8, 4) is 11.5 Å². The van der Waals surface area contributed by atoms with E-state index in [0.29, 0.717) is 18.2 Å². The minimum atomic E-state index is -1.06. The standard InChI is InChI=1S/C18H15F2N3O2/c1-11-4-2-3-5-13(11)18-23-22-16(25-18)8-9-21-17(24)12-6-7-14(19)15(20)10-12/h2-7,10H,8-9H2,1H3,(H,21,24). The van der Waals surface area contributed by atoms with Gasteiger partial charge in [0.15, 0.2) is 11.6 Å². The van der Waals surface area contributed by atoms with E-state index in [0.717, 1.165) is 23.3 Å². The average Bonchev–Trinajstić information content (AvgIpc) is 3.06. The average molecular weight is 343 g/mol. The monoisotopic (exact) mass is 343 g/mol. The Morgan fingerprint density at radius 3 is 2.68 bits per heavy atom. The summed E-state index contributed by atoms with van der Waals surface area (Å²) in [5.41, 5.74) is 1.92. The van der Waals surface area contributed by atoms with Gasteiger partial charge in [0.2, 0.25) is 11.8 Å². The van der Waals surface area contributed by atoms with Crippen molar-refractivity contribution in [2.45, 2.75) is 13.3 Å². The van der Waals surface area contributed by atoms with Crippen molar-refractivity contribution in [3.05, 3.63) is 71.1 Å². The minimum Gasteiger partial charge on any atom is -0.421 e. The molecule has 25 heavy (non-hydrogen) atoms. The zero-order valence-electron chi connectivity index (χ0n) is 13.4. The highest BCUT2D eigenvalue weighted by Gasteiger charge is 2.12. The van der Waals surface area contributed by atoms with Crippen LogP contribution in [0.1, 0.15) is 21.8 Å². The number of hydrogen-bond acceptors (Lipinski definition) is 4. The molecule has 3 aromatic rings. The number of carbonyl (C=O) groups is 1. The fourth-order valence-electron chi connectivity index (χ4n) is 2.30. The molecule has 0 aliphatic rings. The molecule has 128 valence electrons. The summed E-state index contributed by atoms with van der Waals surface area (Å²) in [7, 11) is 0. The van der Waals surface area contributed by atoms with Crippen LogP contribution < -0.4 is 5.32 Å². The second-order valence-corrected chi connectivity index (χ2v) is 5.45. The van der Waals surface area contributed by atoms with Gasteiger partial charge in [-0.05, 0) is 36.8 Å². The first-order valence-corrected chi connectivity index (χ1v) is 7.66. The Morgan fingerprint density at radius 1 is 1.12 bits per heavy atom. The molecule has 0 aliphatic heterocycles. The van der Waals surface area contributed by atoms with Crippen molar-refractivity contribution in [3.63, 3.8) is 0 Å². The Balaban J connectivity index is 1.58. The quantitative estimate of drug-likeness (QED) is 0.772. The first-order valence-electron chi connectivity index (χ1n) is 7.66. The summed E-state index contributed by atoms with van der Waals surface area (Å²) in [5.74, 6) is -1.76. The summed E-state index contributed by atoms with van der Waals surface area (Å²) < 4.78 is 31.6. The van der Waals surface area contributed by atoms with E-state index in [-0.39, 0.29) is 12.1 Å². The van der Waals surface area contributed by atoms with Crippen LogP contribution >= 0.6 is 0 Å². The van der Waals surface area contributed by atoms with Gasteiger partial charge in [0.1, 0.15) is 0 Å². The number of nitrogens with one attached hydrogen (secondary N) is 1. The molecule has 0 radical (unpaired) electrons. The smallest absolute Gasteiger partial charge is 0.251 e. The molecule has 7 heteroatoms. The molecule has 1 aromatic heterocycles. The van der Waals surface area contributed by atoms with Gasteiger partial charge in [0, 0.05) is 24.1 Å². The van der Waals surface area contributed by atoms with Gasteiger partial charge in [0.05, 0.1) is 0 Å². The number of aryl methyl sites for hydroxylation is 1. The summed E-state index contributed by atoms with van der Waals surface area (Å²) in [4.78, 5) is 11.9. The number of rotatable bonds is 5. The molecule has 1 N–H and O–H groups in total. The lowest BCUT2D eigenvalue weighted by molar-refractivity contribution is 0.0953. The largest absolute Gasteiger partial charge is 0.421 e. The molecule has 1 heterocycles. The van der Waals surface area contributed by atoms with Crippen molar-refractivity contribution in [1.82, 2.24) is 15.5 Å². The molecule has 2 aromatic carbocycles. The molecule has 0 fully saturated rings. The minimum absolute atomic E-state index is 0.0463. The van der Waals surface area contributed by atoms with Gasteiger partial charge in [-0.2, -0.15) is 0 Å². The van der Waals surface area contributed by atoms with Crippen LogP contribution in [0.15, 0.2) is 46.9 Å². The van der Waals surface area contributed by atoms with Crippen molar-refractivity contribution in [1.29, 1.82) is 0 Å². The lowest BCUT2D eigenvalue weighted by Gasteiger charge is -2.04. The zero-order chi connectivity index (χ0) is 17.8. The fraction of sp³-hybridized carbons (Fsp3) is 0.167. The SMILES string of the molecule is Cc1ccccc1-c1nnc(CCNC(=O)c2ccc(F)c(F)c2)o1. The Kier molecular flexibility index (Phi) is 4.83. The predicted molar refractivity (Wildman–Crippen MR) is 86.9 cm³/mol. The van der Waals surface area contributed by atoms with Gasteiger partial charge in [-0.25, -0.2) is 8.78 Å². The van der Waals surface area contributed by atoms with Crippen molar-refractivity contribution >= 4 is 5.91 Å². The maximum Gasteiger partial charge on any atom is 0.251 e. The van der Waals surface area contributed by atoms with E-state index < -0.39 is 17.5 Å². The lowest BCUT2D eigenvalue weighted by Crippen LogP contribution is -2.25. The number of benzene rings is 2. The topological polar surface area (TPSA) is 68.0 Å². The van der Waals surface area contributed by atoms with Crippen LogP contribution in [0.5, 0.6) is 0 Å². The Hall–Kier alpha value is -3.09. The van der Waals surface area contributed by atoms with Crippen molar-refractivity contribution in [2.24, 2.45) is 0 Å². The second kappa shape index (κ2) is 7.21. The predicted octanol–water partition coefficient (Wildman–Crippen LogP) is 3.30. The summed E-state index contributed by atoms with van der Waals surface area (Å²) in [6.45, 7) is 2.18. The third kappa shape index (κ3) is 3.88. The molecule has 1 amide bonds. The van der Waals surface area contributed by atoms with Crippen LogP contribution in [0.3, 0.4) is 0 Å². The summed E-state index contributed by atoms with van der Waals surface area (Å²) in [6.07, 6.45) is 0.328. The molecule has 0 bridgehead atoms. The molecule has 0 atom stereocenters. The van der Waals surface area contributed by atoms with Gasteiger partial charge < -0.3 is 9.73 Å². The van der Waals surface area contributed by atoms with Crippen molar-refractivity contribution in [2.75, 3.05) is 6.54 Å². The lowest BCUT2D eigenvalue weighted by atomic mass is 10.1. The first-order chi connectivity index (χ1) is 12.0. The van der Waals surface area contributed by atoms with E-state index in [9.17, 15) is 13.6 Å². The highest BCUT2D eigenvalue weighted by molar-refractivity contribution is 5.94. The van der Waals surface area contributed by atoms with Gasteiger partial charge >= 0.3 is 0 Å². The molecular weight excluding hydrogens is 328 g/mol. The molecule has 0 aliphatic carbocycles. The zero-order valence-corrected chi connectivity index (χ0v) is 13.4. The Labute approximate surface area is 142 Å². The third-order valence-electron chi connectivity index (χ3n) is 3.65. The molecule has 0 saturated carbocycles. The Morgan fingerprint density at radius 2 is 1.92 bits per heavy atom. The van der Waals surface area contributed by atoms with Crippen LogP contribution in [0.25, 0.3) is 11.5 Å². The van der Waals surface area contributed by atoms with Gasteiger partial charge in [-0.3, -0.25) is 4.79 Å². The van der Waals surface area contributed by atoms with Gasteiger partial charge in [0.25, 0.3) is 5.91 Å². The van der Waals surface area contributed by atoms with Crippen molar-refractivity contribution < 1.29 is 18.0 Å². The molecule has 0 spiro atoms. The second-order valence-electron chi connectivity index (χ2n) is 5.45. The summed E-state index contributed by atoms with van der Waals surface area (Å²) in [5, 5.41) is 10.6. The van der Waals surface area contributed by atoms with Gasteiger partial charge in [-0.15, -0.1) is 10.2 Å². The number of aromatic nitrogens is 2. The van der Waals surface area contributed by atoms with E-state index in [1.807, 2.05) is 31.2 Å². The summed E-state index contributed by atoms with van der Waals surface area (Å²) >= 11 is 0. The highest BCUT2D eigenvalue weighted by Crippen LogP contribution is 2.21.